The Morgan fingerprint density at radius 3 is 2.50 bits per heavy atom. The monoisotopic (exact) mass is 246 g/mol. The summed E-state index contributed by atoms with van der Waals surface area (Å²) in [6, 6.07) is 6.45. The average molecular weight is 246 g/mol. The van der Waals surface area contributed by atoms with Crippen LogP contribution in [0, 0.1) is 19.8 Å². The molecule has 1 aliphatic rings. The van der Waals surface area contributed by atoms with Gasteiger partial charge in [0.05, 0.1) is 5.60 Å². The second-order valence-electron chi connectivity index (χ2n) is 6.08. The number of aryl methyl sites for hydroxylation is 2. The Morgan fingerprint density at radius 2 is 1.89 bits per heavy atom. The summed E-state index contributed by atoms with van der Waals surface area (Å²) in [5.74, 6) is 0.834. The van der Waals surface area contributed by atoms with E-state index in [1.54, 1.807) is 0 Å². The van der Waals surface area contributed by atoms with E-state index in [9.17, 15) is 5.11 Å². The minimum Gasteiger partial charge on any atom is -0.385 e. The zero-order chi connectivity index (χ0) is 13.2. The van der Waals surface area contributed by atoms with Crippen molar-refractivity contribution in [2.45, 2.75) is 64.9 Å². The molecule has 1 fully saturated rings. The van der Waals surface area contributed by atoms with Crippen molar-refractivity contribution in [3.63, 3.8) is 0 Å². The highest BCUT2D eigenvalue weighted by Crippen LogP contribution is 2.42. The Morgan fingerprint density at radius 1 is 1.22 bits per heavy atom. The number of benzene rings is 1. The molecule has 0 heterocycles. The van der Waals surface area contributed by atoms with E-state index in [4.69, 9.17) is 0 Å². The van der Waals surface area contributed by atoms with E-state index < -0.39 is 5.60 Å². The van der Waals surface area contributed by atoms with E-state index in [0.29, 0.717) is 0 Å². The maximum Gasteiger partial charge on any atom is 0.0899 e. The summed E-state index contributed by atoms with van der Waals surface area (Å²) < 4.78 is 0. The highest BCUT2D eigenvalue weighted by atomic mass is 16.3. The fourth-order valence-corrected chi connectivity index (χ4v) is 3.36. The number of rotatable bonds is 3. The van der Waals surface area contributed by atoms with Gasteiger partial charge in [-0.1, -0.05) is 43.5 Å². The van der Waals surface area contributed by atoms with Gasteiger partial charge in [0, 0.05) is 0 Å². The van der Waals surface area contributed by atoms with Crippen LogP contribution in [0.1, 0.15) is 62.1 Å². The minimum absolute atomic E-state index is 0.569. The first-order valence-electron chi connectivity index (χ1n) is 7.35. The van der Waals surface area contributed by atoms with Crippen molar-refractivity contribution in [3.8, 4) is 0 Å². The molecule has 1 aromatic carbocycles. The molecule has 2 rings (SSSR count). The largest absolute Gasteiger partial charge is 0.385 e. The standard InChI is InChI=1S/C17H26O/c1-4-5-15-8-10-17(18,11-9-15)16-12-13(2)6-7-14(16)3/h6-7,12,15,18H,4-5,8-11H2,1-3H3. The average Bonchev–Trinajstić information content (AvgIpc) is 2.36. The topological polar surface area (TPSA) is 20.2 Å². The van der Waals surface area contributed by atoms with Crippen LogP contribution in [0.2, 0.25) is 0 Å². The molecule has 0 atom stereocenters. The Balaban J connectivity index is 2.15. The summed E-state index contributed by atoms with van der Waals surface area (Å²) in [6.07, 6.45) is 6.81. The second-order valence-corrected chi connectivity index (χ2v) is 6.08. The summed E-state index contributed by atoms with van der Waals surface area (Å²) in [6.45, 7) is 6.48. The van der Waals surface area contributed by atoms with Crippen molar-refractivity contribution in [1.29, 1.82) is 0 Å². The molecule has 0 aliphatic heterocycles. The quantitative estimate of drug-likeness (QED) is 0.833. The van der Waals surface area contributed by atoms with Crippen LogP contribution in [0.3, 0.4) is 0 Å². The number of aliphatic hydroxyl groups is 1. The smallest absolute Gasteiger partial charge is 0.0899 e. The van der Waals surface area contributed by atoms with Crippen molar-refractivity contribution in [2.24, 2.45) is 5.92 Å². The third-order valence-corrected chi connectivity index (χ3v) is 4.52. The molecule has 0 saturated heterocycles. The van der Waals surface area contributed by atoms with E-state index in [2.05, 4.69) is 39.0 Å². The lowest BCUT2D eigenvalue weighted by Gasteiger charge is -2.37. The number of hydrogen-bond acceptors (Lipinski definition) is 1. The van der Waals surface area contributed by atoms with Crippen LogP contribution in [0.4, 0.5) is 0 Å². The number of hydrogen-bond donors (Lipinski definition) is 1. The second kappa shape index (κ2) is 5.44. The van der Waals surface area contributed by atoms with Gasteiger partial charge in [-0.25, -0.2) is 0 Å². The lowest BCUT2D eigenvalue weighted by Crippen LogP contribution is -2.32. The van der Waals surface area contributed by atoms with Crippen LogP contribution < -0.4 is 0 Å². The Kier molecular flexibility index (Phi) is 4.11. The van der Waals surface area contributed by atoms with Crippen LogP contribution in [0.5, 0.6) is 0 Å². The van der Waals surface area contributed by atoms with Crippen LogP contribution in [-0.4, -0.2) is 5.11 Å². The van der Waals surface area contributed by atoms with Crippen molar-refractivity contribution in [2.75, 3.05) is 0 Å². The molecule has 0 amide bonds. The first-order valence-corrected chi connectivity index (χ1v) is 7.35. The third-order valence-electron chi connectivity index (χ3n) is 4.52. The summed E-state index contributed by atoms with van der Waals surface area (Å²) in [7, 11) is 0. The SMILES string of the molecule is CCCC1CCC(O)(c2cc(C)ccc2C)CC1. The van der Waals surface area contributed by atoms with Gasteiger partial charge in [-0.15, -0.1) is 0 Å². The predicted octanol–water partition coefficient (Wildman–Crippen LogP) is 4.48. The van der Waals surface area contributed by atoms with Crippen molar-refractivity contribution >= 4 is 0 Å². The van der Waals surface area contributed by atoms with Gasteiger partial charge in [-0.2, -0.15) is 0 Å². The molecular formula is C17H26O. The summed E-state index contributed by atoms with van der Waals surface area (Å²) >= 11 is 0. The molecule has 1 saturated carbocycles. The van der Waals surface area contributed by atoms with Gasteiger partial charge in [0.15, 0.2) is 0 Å². The van der Waals surface area contributed by atoms with Gasteiger partial charge >= 0.3 is 0 Å². The Bertz CT molecular complexity index is 400. The highest BCUT2D eigenvalue weighted by Gasteiger charge is 2.35. The molecule has 1 aromatic rings. The third kappa shape index (κ3) is 2.77. The van der Waals surface area contributed by atoms with Crippen LogP contribution in [0.25, 0.3) is 0 Å². The summed E-state index contributed by atoms with van der Waals surface area (Å²) in [4.78, 5) is 0. The van der Waals surface area contributed by atoms with Crippen LogP contribution in [-0.2, 0) is 5.60 Å². The molecule has 0 spiro atoms. The van der Waals surface area contributed by atoms with Gasteiger partial charge in [0.2, 0.25) is 0 Å². The Hall–Kier alpha value is -0.820. The molecule has 1 N–H and O–H groups in total. The fraction of sp³-hybridized carbons (Fsp3) is 0.647. The van der Waals surface area contributed by atoms with Crippen LogP contribution >= 0.6 is 0 Å². The minimum atomic E-state index is -0.569. The van der Waals surface area contributed by atoms with Gasteiger partial charge in [0.25, 0.3) is 0 Å². The predicted molar refractivity (Wildman–Crippen MR) is 76.7 cm³/mol. The molecule has 1 aliphatic carbocycles. The van der Waals surface area contributed by atoms with Gasteiger partial charge < -0.3 is 5.11 Å². The molecule has 1 nitrogen and oxygen atoms in total. The van der Waals surface area contributed by atoms with E-state index in [1.165, 1.54) is 36.8 Å². The lowest BCUT2D eigenvalue weighted by atomic mass is 9.73. The first kappa shape index (κ1) is 13.6. The van der Waals surface area contributed by atoms with Crippen molar-refractivity contribution < 1.29 is 5.11 Å². The van der Waals surface area contributed by atoms with E-state index in [1.807, 2.05) is 0 Å². The van der Waals surface area contributed by atoms with Crippen LogP contribution in [0.15, 0.2) is 18.2 Å². The molecule has 0 bridgehead atoms. The normalized spacial score (nSPS) is 28.3. The Labute approximate surface area is 111 Å². The zero-order valence-corrected chi connectivity index (χ0v) is 12.0. The van der Waals surface area contributed by atoms with Gasteiger partial charge in [0.1, 0.15) is 0 Å². The van der Waals surface area contributed by atoms with E-state index >= 15 is 0 Å². The summed E-state index contributed by atoms with van der Waals surface area (Å²) in [5.41, 5.74) is 3.08. The summed E-state index contributed by atoms with van der Waals surface area (Å²) in [5, 5.41) is 10.9. The van der Waals surface area contributed by atoms with Gasteiger partial charge in [-0.3, -0.25) is 0 Å². The maximum absolute atomic E-state index is 10.9. The molecule has 1 heteroatoms. The molecule has 0 radical (unpaired) electrons. The van der Waals surface area contributed by atoms with Gasteiger partial charge in [-0.05, 0) is 56.6 Å². The zero-order valence-electron chi connectivity index (χ0n) is 12.0. The van der Waals surface area contributed by atoms with Crippen molar-refractivity contribution in [1.82, 2.24) is 0 Å². The molecule has 0 aromatic heterocycles. The maximum atomic E-state index is 10.9. The van der Waals surface area contributed by atoms with Crippen molar-refractivity contribution in [3.05, 3.63) is 34.9 Å². The lowest BCUT2D eigenvalue weighted by molar-refractivity contribution is -0.0157. The fourth-order valence-electron chi connectivity index (χ4n) is 3.36. The van der Waals surface area contributed by atoms with E-state index in [0.717, 1.165) is 24.3 Å². The van der Waals surface area contributed by atoms with E-state index in [-0.39, 0.29) is 0 Å². The molecule has 18 heavy (non-hydrogen) atoms. The molecule has 100 valence electrons. The molecule has 0 unspecified atom stereocenters. The highest BCUT2D eigenvalue weighted by molar-refractivity contribution is 5.35. The first-order chi connectivity index (χ1) is 8.55. The molecular weight excluding hydrogens is 220 g/mol.